The van der Waals surface area contributed by atoms with Gasteiger partial charge in [-0.3, -0.25) is 0 Å². The highest BCUT2D eigenvalue weighted by molar-refractivity contribution is 6.13. The lowest BCUT2D eigenvalue weighted by Crippen LogP contribution is -2.06. The second kappa shape index (κ2) is 3.51. The first-order valence-electron chi connectivity index (χ1n) is 4.84. The molecule has 0 amide bonds. The molecule has 0 aromatic heterocycles. The van der Waals surface area contributed by atoms with Gasteiger partial charge in [0.1, 0.15) is 7.85 Å². The van der Waals surface area contributed by atoms with Gasteiger partial charge in [-0.15, -0.1) is 0 Å². The van der Waals surface area contributed by atoms with Crippen molar-refractivity contribution in [2.24, 2.45) is 5.41 Å². The van der Waals surface area contributed by atoms with Crippen LogP contribution in [0.4, 0.5) is 0 Å². The molecule has 0 nitrogen and oxygen atoms in total. The van der Waals surface area contributed by atoms with E-state index in [4.69, 9.17) is 0 Å². The van der Waals surface area contributed by atoms with E-state index in [-0.39, 0.29) is 0 Å². The third-order valence-electron chi connectivity index (χ3n) is 2.13. The van der Waals surface area contributed by atoms with Crippen molar-refractivity contribution >= 4 is 7.85 Å². The second-order valence-corrected chi connectivity index (χ2v) is 5.09. The SMILES string of the molecule is BC1C=CC(CC(C)(C)C)=CC1. The smallest absolute Gasteiger partial charge is 0.0888 e. The quantitative estimate of drug-likeness (QED) is 0.520. The summed E-state index contributed by atoms with van der Waals surface area (Å²) in [5.41, 5.74) is 1.94. The van der Waals surface area contributed by atoms with Crippen LogP contribution in [0.25, 0.3) is 0 Å². The van der Waals surface area contributed by atoms with Crippen LogP contribution >= 0.6 is 0 Å². The summed E-state index contributed by atoms with van der Waals surface area (Å²) in [5, 5.41) is 0. The highest BCUT2D eigenvalue weighted by Gasteiger charge is 2.13. The lowest BCUT2D eigenvalue weighted by Gasteiger charge is -2.21. The molecule has 1 rings (SSSR count). The van der Waals surface area contributed by atoms with Crippen LogP contribution < -0.4 is 0 Å². The first-order chi connectivity index (χ1) is 5.47. The van der Waals surface area contributed by atoms with Crippen LogP contribution in [0.5, 0.6) is 0 Å². The van der Waals surface area contributed by atoms with E-state index in [1.165, 1.54) is 18.4 Å². The standard InChI is InChI=1S/C11H19B/c1-11(2,3)8-9-4-6-10(12)7-5-9/h4-6,10H,7-8,12H2,1-3H3. The molecule has 0 fully saturated rings. The van der Waals surface area contributed by atoms with E-state index in [1.807, 2.05) is 0 Å². The average molecular weight is 162 g/mol. The number of hydrogen-bond acceptors (Lipinski definition) is 0. The Morgan fingerprint density at radius 1 is 1.50 bits per heavy atom. The summed E-state index contributed by atoms with van der Waals surface area (Å²) in [5.74, 6) is 0.744. The van der Waals surface area contributed by atoms with Gasteiger partial charge in [0, 0.05) is 0 Å². The Balaban J connectivity index is 2.51. The molecular formula is C11H19B. The van der Waals surface area contributed by atoms with Crippen molar-refractivity contribution in [1.82, 2.24) is 0 Å². The minimum Gasteiger partial charge on any atom is -0.0888 e. The number of hydrogen-bond donors (Lipinski definition) is 0. The van der Waals surface area contributed by atoms with Gasteiger partial charge in [0.25, 0.3) is 0 Å². The predicted molar refractivity (Wildman–Crippen MR) is 58.2 cm³/mol. The van der Waals surface area contributed by atoms with E-state index in [0.717, 1.165) is 5.82 Å². The van der Waals surface area contributed by atoms with Gasteiger partial charge in [0.2, 0.25) is 0 Å². The molecule has 0 aromatic rings. The van der Waals surface area contributed by atoms with Gasteiger partial charge in [0.15, 0.2) is 0 Å². The Labute approximate surface area is 77.2 Å². The van der Waals surface area contributed by atoms with Crippen LogP contribution in [-0.4, -0.2) is 7.85 Å². The van der Waals surface area contributed by atoms with Crippen LogP contribution in [0.3, 0.4) is 0 Å². The van der Waals surface area contributed by atoms with Crippen molar-refractivity contribution in [2.45, 2.75) is 39.4 Å². The minimum atomic E-state index is 0.427. The molecule has 0 aromatic carbocycles. The zero-order chi connectivity index (χ0) is 9.19. The molecule has 1 aliphatic rings. The molecule has 0 heterocycles. The van der Waals surface area contributed by atoms with E-state index >= 15 is 0 Å². The van der Waals surface area contributed by atoms with Gasteiger partial charge in [-0.25, -0.2) is 0 Å². The summed E-state index contributed by atoms with van der Waals surface area (Å²) in [4.78, 5) is 0. The Hall–Kier alpha value is -0.455. The molecular weight excluding hydrogens is 143 g/mol. The fourth-order valence-electron chi connectivity index (χ4n) is 1.52. The summed E-state index contributed by atoms with van der Waals surface area (Å²) in [6, 6.07) is 0. The third kappa shape index (κ3) is 3.29. The molecule has 1 atom stereocenters. The highest BCUT2D eigenvalue weighted by atomic mass is 14.2. The number of allylic oxidation sites excluding steroid dienone is 4. The monoisotopic (exact) mass is 162 g/mol. The van der Waals surface area contributed by atoms with E-state index in [9.17, 15) is 0 Å². The molecule has 1 unspecified atom stereocenters. The first kappa shape index (κ1) is 9.63. The Kier molecular flexibility index (Phi) is 2.82. The predicted octanol–water partition coefficient (Wildman–Crippen LogP) is 2.73. The van der Waals surface area contributed by atoms with Crippen molar-refractivity contribution < 1.29 is 0 Å². The van der Waals surface area contributed by atoms with Gasteiger partial charge >= 0.3 is 0 Å². The summed E-state index contributed by atoms with van der Waals surface area (Å²) in [7, 11) is 2.26. The Bertz CT molecular complexity index is 206. The molecule has 0 aliphatic heterocycles. The van der Waals surface area contributed by atoms with Crippen LogP contribution in [0, 0.1) is 5.41 Å². The lowest BCUT2D eigenvalue weighted by atomic mass is 9.78. The second-order valence-electron chi connectivity index (χ2n) is 5.09. The maximum absolute atomic E-state index is 2.38. The number of rotatable bonds is 1. The molecule has 1 heteroatoms. The maximum atomic E-state index is 2.38. The van der Waals surface area contributed by atoms with Crippen molar-refractivity contribution in [3.63, 3.8) is 0 Å². The molecule has 0 bridgehead atoms. The lowest BCUT2D eigenvalue weighted by molar-refractivity contribution is 0.412. The first-order valence-corrected chi connectivity index (χ1v) is 4.84. The van der Waals surface area contributed by atoms with Crippen LogP contribution in [0.2, 0.25) is 5.82 Å². The summed E-state index contributed by atoms with van der Waals surface area (Å²) in [6.07, 6.45) is 9.43. The van der Waals surface area contributed by atoms with Crippen molar-refractivity contribution in [2.75, 3.05) is 0 Å². The molecule has 66 valence electrons. The van der Waals surface area contributed by atoms with Gasteiger partial charge in [-0.05, 0) is 24.1 Å². The highest BCUT2D eigenvalue weighted by Crippen LogP contribution is 2.28. The van der Waals surface area contributed by atoms with Crippen LogP contribution in [0.1, 0.15) is 33.6 Å². The zero-order valence-corrected chi connectivity index (χ0v) is 8.72. The molecule has 0 spiro atoms. The molecule has 0 radical (unpaired) electrons. The average Bonchev–Trinajstić information content (AvgIpc) is 1.91. The minimum absolute atomic E-state index is 0.427. The third-order valence-corrected chi connectivity index (χ3v) is 2.13. The van der Waals surface area contributed by atoms with E-state index < -0.39 is 0 Å². The summed E-state index contributed by atoms with van der Waals surface area (Å²) in [6.45, 7) is 6.87. The topological polar surface area (TPSA) is 0 Å². The molecule has 0 saturated heterocycles. The van der Waals surface area contributed by atoms with Crippen LogP contribution in [0.15, 0.2) is 23.8 Å². The van der Waals surface area contributed by atoms with Crippen molar-refractivity contribution in [3.05, 3.63) is 23.8 Å². The summed E-state index contributed by atoms with van der Waals surface area (Å²) < 4.78 is 0. The van der Waals surface area contributed by atoms with E-state index in [2.05, 4.69) is 46.8 Å². The van der Waals surface area contributed by atoms with Crippen molar-refractivity contribution in [1.29, 1.82) is 0 Å². The van der Waals surface area contributed by atoms with Gasteiger partial charge in [-0.2, -0.15) is 0 Å². The van der Waals surface area contributed by atoms with Crippen LogP contribution in [-0.2, 0) is 0 Å². The van der Waals surface area contributed by atoms with Gasteiger partial charge < -0.3 is 0 Å². The van der Waals surface area contributed by atoms with Gasteiger partial charge in [-0.1, -0.05) is 44.6 Å². The maximum Gasteiger partial charge on any atom is 0.110 e. The molecule has 12 heavy (non-hydrogen) atoms. The Morgan fingerprint density at radius 2 is 2.17 bits per heavy atom. The summed E-state index contributed by atoms with van der Waals surface area (Å²) >= 11 is 0. The van der Waals surface area contributed by atoms with Gasteiger partial charge in [0.05, 0.1) is 0 Å². The fourth-order valence-corrected chi connectivity index (χ4v) is 1.52. The fraction of sp³-hybridized carbons (Fsp3) is 0.636. The van der Waals surface area contributed by atoms with E-state index in [1.54, 1.807) is 0 Å². The zero-order valence-electron chi connectivity index (χ0n) is 8.72. The largest absolute Gasteiger partial charge is 0.110 e. The molecule has 0 N–H and O–H groups in total. The normalized spacial score (nSPS) is 23.9. The molecule has 1 aliphatic carbocycles. The van der Waals surface area contributed by atoms with E-state index in [0.29, 0.717) is 5.41 Å². The molecule has 0 saturated carbocycles. The van der Waals surface area contributed by atoms with Crippen molar-refractivity contribution in [3.8, 4) is 0 Å². The Morgan fingerprint density at radius 3 is 2.58 bits per heavy atom.